The van der Waals surface area contributed by atoms with E-state index in [1.54, 1.807) is 27.7 Å². The highest BCUT2D eigenvalue weighted by molar-refractivity contribution is 5.88. The Morgan fingerprint density at radius 1 is 1.00 bits per heavy atom. The number of fused-ring (bicyclic) bond motifs is 1. The summed E-state index contributed by atoms with van der Waals surface area (Å²) in [4.78, 5) is 13.9. The van der Waals surface area contributed by atoms with Gasteiger partial charge in [0.15, 0.2) is 17.1 Å². The quantitative estimate of drug-likeness (QED) is 0.391. The molecule has 35 heavy (non-hydrogen) atoms. The zero-order valence-corrected chi connectivity index (χ0v) is 20.6. The van der Waals surface area contributed by atoms with E-state index >= 15 is 0 Å². The second-order valence-corrected chi connectivity index (χ2v) is 8.86. The normalized spacial score (nSPS) is 14.3. The van der Waals surface area contributed by atoms with E-state index in [-0.39, 0.29) is 0 Å². The summed E-state index contributed by atoms with van der Waals surface area (Å²) in [6, 6.07) is 3.74. The smallest absolute Gasteiger partial charge is 0.203 e. The van der Waals surface area contributed by atoms with Crippen LogP contribution in [0.5, 0.6) is 17.2 Å². The maximum atomic E-state index is 5.48. The lowest BCUT2D eigenvalue weighted by Gasteiger charge is -2.21. The molecule has 0 radical (unpaired) electrons. The summed E-state index contributed by atoms with van der Waals surface area (Å²) in [5, 5.41) is 8.88. The van der Waals surface area contributed by atoms with Gasteiger partial charge in [0.1, 0.15) is 23.8 Å². The van der Waals surface area contributed by atoms with Crippen LogP contribution in [0.4, 0.5) is 11.6 Å². The van der Waals surface area contributed by atoms with Crippen LogP contribution in [-0.2, 0) is 6.54 Å². The maximum Gasteiger partial charge on any atom is 0.203 e. The molecule has 0 saturated heterocycles. The van der Waals surface area contributed by atoms with Crippen molar-refractivity contribution in [1.82, 2.24) is 29.3 Å². The van der Waals surface area contributed by atoms with E-state index in [1.165, 1.54) is 32.1 Å². The molecular weight excluding hydrogens is 446 g/mol. The van der Waals surface area contributed by atoms with Crippen LogP contribution in [-0.4, -0.2) is 50.6 Å². The van der Waals surface area contributed by atoms with Gasteiger partial charge < -0.3 is 24.1 Å². The third-order valence-corrected chi connectivity index (χ3v) is 6.54. The van der Waals surface area contributed by atoms with Crippen molar-refractivity contribution in [2.45, 2.75) is 45.6 Å². The van der Waals surface area contributed by atoms with Gasteiger partial charge in [0, 0.05) is 18.7 Å². The molecule has 1 aliphatic carbocycles. The van der Waals surface area contributed by atoms with E-state index in [1.807, 2.05) is 40.7 Å². The highest BCUT2D eigenvalue weighted by Gasteiger charge is 2.19. The molecule has 1 aliphatic rings. The van der Waals surface area contributed by atoms with E-state index < -0.39 is 0 Å². The number of ether oxygens (including phenoxy) is 3. The molecule has 0 unspecified atom stereocenters. The average molecular weight is 478 g/mol. The van der Waals surface area contributed by atoms with Crippen LogP contribution in [0.25, 0.3) is 16.7 Å². The van der Waals surface area contributed by atoms with Crippen LogP contribution >= 0.6 is 0 Å². The van der Waals surface area contributed by atoms with E-state index in [9.17, 15) is 0 Å². The van der Waals surface area contributed by atoms with E-state index in [0.717, 1.165) is 23.3 Å². The second kappa shape index (κ2) is 9.81. The molecule has 3 aromatic heterocycles. The van der Waals surface area contributed by atoms with Crippen LogP contribution < -0.4 is 19.5 Å². The summed E-state index contributed by atoms with van der Waals surface area (Å²) >= 11 is 0. The average Bonchev–Trinajstić information content (AvgIpc) is 3.51. The summed E-state index contributed by atoms with van der Waals surface area (Å²) in [6.07, 6.45) is 11.9. The predicted octanol–water partition coefficient (Wildman–Crippen LogP) is 4.67. The number of rotatable bonds is 8. The van der Waals surface area contributed by atoms with Crippen LogP contribution in [0.3, 0.4) is 0 Å². The number of hydrogen-bond acceptors (Lipinski definition) is 8. The van der Waals surface area contributed by atoms with Gasteiger partial charge in [0.25, 0.3) is 0 Å². The van der Waals surface area contributed by atoms with Crippen molar-refractivity contribution in [1.29, 1.82) is 0 Å². The fourth-order valence-corrected chi connectivity index (χ4v) is 4.77. The standard InChI is InChI=1S/C25H31N7O3/c1-16-28-24(19-12-27-32(25(19)29-16)13-17-8-6-5-7-9-17)30-22-14-31(15-26-22)18-10-20(33-2)23(35-4)21(11-18)34-3/h10-12,14-15,17H,5-9,13H2,1-4H3,(H,28,29,30). The first-order valence-corrected chi connectivity index (χ1v) is 11.9. The molecular formula is C25H31N7O3. The number of anilines is 2. The van der Waals surface area contributed by atoms with Gasteiger partial charge in [-0.2, -0.15) is 5.10 Å². The van der Waals surface area contributed by atoms with Crippen molar-refractivity contribution in [3.05, 3.63) is 36.7 Å². The van der Waals surface area contributed by atoms with Crippen molar-refractivity contribution in [2.24, 2.45) is 5.92 Å². The molecule has 10 heteroatoms. The molecule has 0 spiro atoms. The van der Waals surface area contributed by atoms with E-state index in [2.05, 4.69) is 20.4 Å². The summed E-state index contributed by atoms with van der Waals surface area (Å²) < 4.78 is 20.3. The van der Waals surface area contributed by atoms with Gasteiger partial charge in [0.05, 0.1) is 44.8 Å². The van der Waals surface area contributed by atoms with Gasteiger partial charge in [-0.3, -0.25) is 0 Å². The van der Waals surface area contributed by atoms with Crippen molar-refractivity contribution in [3.63, 3.8) is 0 Å². The van der Waals surface area contributed by atoms with Crippen LogP contribution in [0.15, 0.2) is 30.9 Å². The number of imidazole rings is 1. The molecule has 3 heterocycles. The summed E-state index contributed by atoms with van der Waals surface area (Å²) in [7, 11) is 4.78. The Labute approximate surface area is 204 Å². The lowest BCUT2D eigenvalue weighted by atomic mass is 9.89. The first-order valence-electron chi connectivity index (χ1n) is 11.9. The van der Waals surface area contributed by atoms with Crippen LogP contribution in [0.1, 0.15) is 37.9 Å². The highest BCUT2D eigenvalue weighted by atomic mass is 16.5. The number of nitrogens with zero attached hydrogens (tertiary/aromatic N) is 6. The Morgan fingerprint density at radius 3 is 2.43 bits per heavy atom. The molecule has 4 aromatic rings. The molecule has 0 amide bonds. The molecule has 184 valence electrons. The van der Waals surface area contributed by atoms with Gasteiger partial charge >= 0.3 is 0 Å². The number of benzene rings is 1. The van der Waals surface area contributed by atoms with Crippen molar-refractivity contribution in [2.75, 3.05) is 26.6 Å². The number of nitrogens with one attached hydrogen (secondary N) is 1. The number of aryl methyl sites for hydroxylation is 1. The molecule has 1 saturated carbocycles. The molecule has 5 rings (SSSR count). The Hall–Kier alpha value is -3.82. The zero-order valence-electron chi connectivity index (χ0n) is 20.6. The Balaban J connectivity index is 1.42. The fraction of sp³-hybridized carbons (Fsp3) is 0.440. The number of methoxy groups -OCH3 is 3. The minimum Gasteiger partial charge on any atom is -0.493 e. The molecule has 0 bridgehead atoms. The summed E-state index contributed by atoms with van der Waals surface area (Å²) in [6.45, 7) is 2.80. The molecule has 1 N–H and O–H groups in total. The predicted molar refractivity (Wildman–Crippen MR) is 133 cm³/mol. The minimum atomic E-state index is 0.543. The van der Waals surface area contributed by atoms with Gasteiger partial charge in [0.2, 0.25) is 5.75 Å². The second-order valence-electron chi connectivity index (χ2n) is 8.86. The van der Waals surface area contributed by atoms with Gasteiger partial charge in [-0.15, -0.1) is 0 Å². The van der Waals surface area contributed by atoms with Crippen molar-refractivity contribution >= 4 is 22.7 Å². The first-order chi connectivity index (χ1) is 17.1. The molecule has 10 nitrogen and oxygen atoms in total. The van der Waals surface area contributed by atoms with Gasteiger partial charge in [-0.1, -0.05) is 19.3 Å². The Kier molecular flexibility index (Phi) is 6.43. The summed E-state index contributed by atoms with van der Waals surface area (Å²) in [5.74, 6) is 4.38. The Morgan fingerprint density at radius 2 is 1.74 bits per heavy atom. The third-order valence-electron chi connectivity index (χ3n) is 6.54. The van der Waals surface area contributed by atoms with Crippen LogP contribution in [0, 0.1) is 12.8 Å². The Bertz CT molecular complexity index is 1300. The van der Waals surface area contributed by atoms with Crippen LogP contribution in [0.2, 0.25) is 0 Å². The van der Waals surface area contributed by atoms with E-state index in [0.29, 0.717) is 40.6 Å². The summed E-state index contributed by atoms with van der Waals surface area (Å²) in [5.41, 5.74) is 1.68. The molecule has 1 fully saturated rings. The third kappa shape index (κ3) is 4.60. The lowest BCUT2D eigenvalue weighted by Crippen LogP contribution is -2.15. The zero-order chi connectivity index (χ0) is 24.4. The maximum absolute atomic E-state index is 5.48. The molecule has 1 aromatic carbocycles. The highest BCUT2D eigenvalue weighted by Crippen LogP contribution is 2.39. The monoisotopic (exact) mass is 477 g/mol. The first kappa shape index (κ1) is 22.9. The van der Waals surface area contributed by atoms with E-state index in [4.69, 9.17) is 19.2 Å². The molecule has 0 aliphatic heterocycles. The topological polar surface area (TPSA) is 101 Å². The minimum absolute atomic E-state index is 0.543. The number of aromatic nitrogens is 6. The fourth-order valence-electron chi connectivity index (χ4n) is 4.77. The van der Waals surface area contributed by atoms with Crippen molar-refractivity contribution in [3.8, 4) is 22.9 Å². The molecule has 0 atom stereocenters. The largest absolute Gasteiger partial charge is 0.493 e. The van der Waals surface area contributed by atoms with Gasteiger partial charge in [-0.05, 0) is 25.7 Å². The lowest BCUT2D eigenvalue weighted by molar-refractivity contribution is 0.311. The number of hydrogen-bond donors (Lipinski definition) is 1. The van der Waals surface area contributed by atoms with Gasteiger partial charge in [-0.25, -0.2) is 19.6 Å². The SMILES string of the molecule is COc1cc(-n2cnc(Nc3nc(C)nc4c3cnn4CC3CCCCC3)c2)cc(OC)c1OC. The van der Waals surface area contributed by atoms with Crippen molar-refractivity contribution < 1.29 is 14.2 Å².